The largest absolute Gasteiger partial charge is 0.343 e. The highest BCUT2D eigenvalue weighted by molar-refractivity contribution is 5.97. The molecule has 2 aliphatic rings. The van der Waals surface area contributed by atoms with E-state index in [4.69, 9.17) is 0 Å². The molecule has 1 aromatic rings. The van der Waals surface area contributed by atoms with Crippen molar-refractivity contribution in [3.63, 3.8) is 0 Å². The molecule has 0 radical (unpaired) electrons. The van der Waals surface area contributed by atoms with Gasteiger partial charge < -0.3 is 10.2 Å². The zero-order chi connectivity index (χ0) is 15.0. The summed E-state index contributed by atoms with van der Waals surface area (Å²) in [4.78, 5) is 32.6. The smallest absolute Gasteiger partial charge is 0.245 e. The van der Waals surface area contributed by atoms with Crippen molar-refractivity contribution >= 4 is 11.8 Å². The lowest BCUT2D eigenvalue weighted by Crippen LogP contribution is -2.68. The third-order valence-electron chi connectivity index (χ3n) is 4.11. The van der Waals surface area contributed by atoms with Crippen LogP contribution in [0.15, 0.2) is 18.2 Å². The zero-order valence-corrected chi connectivity index (χ0v) is 12.4. The van der Waals surface area contributed by atoms with Gasteiger partial charge in [-0.15, -0.1) is 0 Å². The third-order valence-corrected chi connectivity index (χ3v) is 4.11. The number of aryl methyl sites for hydroxylation is 1. The van der Waals surface area contributed by atoms with Crippen molar-refractivity contribution in [3.05, 3.63) is 29.6 Å². The van der Waals surface area contributed by atoms with Crippen LogP contribution in [0.3, 0.4) is 0 Å². The number of rotatable bonds is 2. The van der Waals surface area contributed by atoms with Crippen LogP contribution in [0.2, 0.25) is 0 Å². The van der Waals surface area contributed by atoms with E-state index in [2.05, 4.69) is 15.2 Å². The van der Waals surface area contributed by atoms with Gasteiger partial charge in [-0.3, -0.25) is 19.5 Å². The summed E-state index contributed by atoms with van der Waals surface area (Å²) in [5, 5.41) is 2.75. The number of hydrogen-bond acceptors (Lipinski definition) is 4. The molecule has 2 atom stereocenters. The Morgan fingerprint density at radius 1 is 1.33 bits per heavy atom. The molecule has 0 bridgehead atoms. The van der Waals surface area contributed by atoms with Gasteiger partial charge in [-0.25, -0.2) is 0 Å². The number of carbonyl (C=O) groups is 2. The Balaban J connectivity index is 1.69. The first-order valence-electron chi connectivity index (χ1n) is 7.30. The number of fused-ring (bicyclic) bond motifs is 1. The van der Waals surface area contributed by atoms with Crippen LogP contribution in [0.1, 0.15) is 18.3 Å². The summed E-state index contributed by atoms with van der Waals surface area (Å²) in [7, 11) is 0. The van der Waals surface area contributed by atoms with Crippen molar-refractivity contribution in [2.24, 2.45) is 0 Å². The Hall–Kier alpha value is -1.95. The minimum Gasteiger partial charge on any atom is -0.343 e. The van der Waals surface area contributed by atoms with Crippen LogP contribution < -0.4 is 5.32 Å². The molecule has 6 nitrogen and oxygen atoms in total. The SMILES string of the molecule is Cc1cccc(CN2CCN3C(=O)[C@H](C)NC(=O)[C@H]3C2)n1. The van der Waals surface area contributed by atoms with E-state index in [1.54, 1.807) is 11.8 Å². The van der Waals surface area contributed by atoms with E-state index >= 15 is 0 Å². The lowest BCUT2D eigenvalue weighted by Gasteiger charge is -2.44. The number of aromatic nitrogens is 1. The maximum Gasteiger partial charge on any atom is 0.245 e. The maximum atomic E-state index is 12.1. The van der Waals surface area contributed by atoms with Crippen molar-refractivity contribution in [2.45, 2.75) is 32.5 Å². The van der Waals surface area contributed by atoms with Gasteiger partial charge in [-0.2, -0.15) is 0 Å². The molecule has 2 amide bonds. The lowest BCUT2D eigenvalue weighted by atomic mass is 10.0. The Morgan fingerprint density at radius 2 is 2.14 bits per heavy atom. The second-order valence-electron chi connectivity index (χ2n) is 5.78. The van der Waals surface area contributed by atoms with Crippen LogP contribution in [-0.4, -0.2) is 58.3 Å². The molecule has 0 aromatic carbocycles. The predicted molar refractivity (Wildman–Crippen MR) is 77.4 cm³/mol. The number of carbonyl (C=O) groups excluding carboxylic acids is 2. The average Bonchev–Trinajstić information content (AvgIpc) is 2.45. The van der Waals surface area contributed by atoms with E-state index in [1.165, 1.54) is 0 Å². The zero-order valence-electron chi connectivity index (χ0n) is 12.4. The molecule has 2 saturated heterocycles. The van der Waals surface area contributed by atoms with Gasteiger partial charge in [-0.1, -0.05) is 6.07 Å². The van der Waals surface area contributed by atoms with Crippen LogP contribution in [0.25, 0.3) is 0 Å². The molecule has 0 saturated carbocycles. The van der Waals surface area contributed by atoms with Gasteiger partial charge in [0, 0.05) is 31.9 Å². The van der Waals surface area contributed by atoms with Crippen molar-refractivity contribution in [1.82, 2.24) is 20.1 Å². The molecule has 0 unspecified atom stereocenters. The van der Waals surface area contributed by atoms with Gasteiger partial charge in [0.25, 0.3) is 0 Å². The van der Waals surface area contributed by atoms with Crippen LogP contribution in [-0.2, 0) is 16.1 Å². The highest BCUT2D eigenvalue weighted by Gasteiger charge is 2.41. The molecule has 1 aromatic heterocycles. The van der Waals surface area contributed by atoms with E-state index in [0.29, 0.717) is 19.6 Å². The molecule has 2 fully saturated rings. The Morgan fingerprint density at radius 3 is 2.90 bits per heavy atom. The van der Waals surface area contributed by atoms with Gasteiger partial charge in [0.15, 0.2) is 0 Å². The minimum atomic E-state index is -0.404. The molecular formula is C15H20N4O2. The normalized spacial score (nSPS) is 26.5. The Bertz CT molecular complexity index is 575. The molecule has 3 rings (SSSR count). The highest BCUT2D eigenvalue weighted by Crippen LogP contribution is 2.17. The summed E-state index contributed by atoms with van der Waals surface area (Å²) in [5.41, 5.74) is 1.99. The van der Waals surface area contributed by atoms with Gasteiger partial charge in [0.05, 0.1) is 5.69 Å². The second-order valence-corrected chi connectivity index (χ2v) is 5.78. The first kappa shape index (κ1) is 14.0. The topological polar surface area (TPSA) is 65.5 Å². The molecule has 2 aliphatic heterocycles. The lowest BCUT2D eigenvalue weighted by molar-refractivity contribution is -0.152. The molecule has 0 spiro atoms. The number of nitrogens with zero attached hydrogens (tertiary/aromatic N) is 3. The fourth-order valence-electron chi connectivity index (χ4n) is 3.01. The number of piperazine rings is 2. The van der Waals surface area contributed by atoms with E-state index in [9.17, 15) is 9.59 Å². The molecule has 3 heterocycles. The predicted octanol–water partition coefficient (Wildman–Crippen LogP) is -0.0789. The molecule has 112 valence electrons. The van der Waals surface area contributed by atoms with E-state index in [-0.39, 0.29) is 17.9 Å². The van der Waals surface area contributed by atoms with Gasteiger partial charge in [0.2, 0.25) is 11.8 Å². The number of nitrogens with one attached hydrogen (secondary N) is 1. The van der Waals surface area contributed by atoms with Crippen molar-refractivity contribution in [3.8, 4) is 0 Å². The summed E-state index contributed by atoms with van der Waals surface area (Å²) >= 11 is 0. The van der Waals surface area contributed by atoms with E-state index < -0.39 is 6.04 Å². The molecular weight excluding hydrogens is 268 g/mol. The third kappa shape index (κ3) is 2.76. The summed E-state index contributed by atoms with van der Waals surface area (Å²) in [6, 6.07) is 5.18. The number of amides is 2. The molecule has 0 aliphatic carbocycles. The van der Waals surface area contributed by atoms with Crippen molar-refractivity contribution < 1.29 is 9.59 Å². The van der Waals surface area contributed by atoms with Crippen molar-refractivity contribution in [2.75, 3.05) is 19.6 Å². The fraction of sp³-hybridized carbons (Fsp3) is 0.533. The highest BCUT2D eigenvalue weighted by atomic mass is 16.2. The Kier molecular flexibility index (Phi) is 3.63. The maximum absolute atomic E-state index is 12.1. The van der Waals surface area contributed by atoms with E-state index in [1.807, 2.05) is 25.1 Å². The van der Waals surface area contributed by atoms with Gasteiger partial charge >= 0.3 is 0 Å². The standard InChI is InChI=1S/C15H20N4O2/c1-10-4-3-5-12(16-10)8-18-6-7-19-13(9-18)14(20)17-11(2)15(19)21/h3-5,11,13H,6-9H2,1-2H3,(H,17,20)/t11-,13+/m0/s1. The quantitative estimate of drug-likeness (QED) is 0.827. The number of hydrogen-bond donors (Lipinski definition) is 1. The molecule has 6 heteroatoms. The van der Waals surface area contributed by atoms with Crippen LogP contribution in [0.5, 0.6) is 0 Å². The number of pyridine rings is 1. The van der Waals surface area contributed by atoms with Gasteiger partial charge in [-0.05, 0) is 26.0 Å². The van der Waals surface area contributed by atoms with Crippen LogP contribution in [0.4, 0.5) is 0 Å². The summed E-state index contributed by atoms with van der Waals surface area (Å²) in [6.45, 7) is 6.36. The first-order valence-corrected chi connectivity index (χ1v) is 7.30. The van der Waals surface area contributed by atoms with E-state index in [0.717, 1.165) is 17.9 Å². The molecule has 21 heavy (non-hydrogen) atoms. The molecule has 1 N–H and O–H groups in total. The van der Waals surface area contributed by atoms with Gasteiger partial charge in [0.1, 0.15) is 12.1 Å². The first-order chi connectivity index (χ1) is 10.0. The minimum absolute atomic E-state index is 0.0212. The summed E-state index contributed by atoms with van der Waals surface area (Å²) < 4.78 is 0. The fourth-order valence-corrected chi connectivity index (χ4v) is 3.01. The average molecular weight is 288 g/mol. The second kappa shape index (κ2) is 5.44. The van der Waals surface area contributed by atoms with Crippen LogP contribution in [0, 0.1) is 6.92 Å². The monoisotopic (exact) mass is 288 g/mol. The summed E-state index contributed by atoms with van der Waals surface area (Å²) in [6.07, 6.45) is 0. The summed E-state index contributed by atoms with van der Waals surface area (Å²) in [5.74, 6) is -0.0306. The van der Waals surface area contributed by atoms with Crippen molar-refractivity contribution in [1.29, 1.82) is 0 Å². The van der Waals surface area contributed by atoms with Crippen LogP contribution >= 0.6 is 0 Å². The Labute approximate surface area is 124 Å².